The zero-order chi connectivity index (χ0) is 14.1. The molecule has 3 rings (SSSR count). The van der Waals surface area contributed by atoms with Crippen LogP contribution in [0, 0.1) is 6.92 Å². The summed E-state index contributed by atoms with van der Waals surface area (Å²) in [5.41, 5.74) is 2.90. The van der Waals surface area contributed by atoms with E-state index in [2.05, 4.69) is 20.5 Å². The summed E-state index contributed by atoms with van der Waals surface area (Å²) in [7, 11) is 1.85. The van der Waals surface area contributed by atoms with E-state index in [1.807, 2.05) is 20.2 Å². The van der Waals surface area contributed by atoms with Crippen LogP contribution in [0.4, 0.5) is 0 Å². The van der Waals surface area contributed by atoms with Crippen molar-refractivity contribution in [2.24, 2.45) is 7.05 Å². The third-order valence-corrected chi connectivity index (χ3v) is 3.02. The Hall–Kier alpha value is -2.70. The Kier molecular flexibility index (Phi) is 2.94. The molecule has 0 aliphatic rings. The number of aryl methyl sites for hydroxylation is 2. The molecule has 0 fully saturated rings. The number of carbonyl (C=O) groups excluding carboxylic acids is 1. The van der Waals surface area contributed by atoms with Crippen molar-refractivity contribution < 1.29 is 4.79 Å². The minimum atomic E-state index is -0.223. The molecule has 0 saturated carbocycles. The predicted molar refractivity (Wildman–Crippen MR) is 72.1 cm³/mol. The summed E-state index contributed by atoms with van der Waals surface area (Å²) in [6.07, 6.45) is 5.31. The highest BCUT2D eigenvalue weighted by molar-refractivity contribution is 5.93. The van der Waals surface area contributed by atoms with Gasteiger partial charge in [0.25, 0.3) is 5.91 Å². The van der Waals surface area contributed by atoms with Gasteiger partial charge in [0.2, 0.25) is 0 Å². The Morgan fingerprint density at radius 3 is 2.95 bits per heavy atom. The van der Waals surface area contributed by atoms with E-state index in [1.165, 1.54) is 0 Å². The van der Waals surface area contributed by atoms with Gasteiger partial charge in [-0.1, -0.05) is 0 Å². The van der Waals surface area contributed by atoms with Gasteiger partial charge in [-0.25, -0.2) is 9.50 Å². The van der Waals surface area contributed by atoms with Gasteiger partial charge < -0.3 is 5.32 Å². The monoisotopic (exact) mass is 270 g/mol. The largest absolute Gasteiger partial charge is 0.346 e. The normalized spacial score (nSPS) is 10.9. The predicted octanol–water partition coefficient (Wildman–Crippen LogP) is 0.701. The second kappa shape index (κ2) is 4.76. The molecule has 0 atom stereocenters. The number of amides is 1. The van der Waals surface area contributed by atoms with Crippen molar-refractivity contribution in [1.29, 1.82) is 0 Å². The Balaban J connectivity index is 1.74. The summed E-state index contributed by atoms with van der Waals surface area (Å²) < 4.78 is 3.30. The summed E-state index contributed by atoms with van der Waals surface area (Å²) in [5.74, 6) is -0.223. The van der Waals surface area contributed by atoms with Gasteiger partial charge in [-0.05, 0) is 13.0 Å². The van der Waals surface area contributed by atoms with Crippen molar-refractivity contribution in [3.8, 4) is 0 Å². The van der Waals surface area contributed by atoms with E-state index in [9.17, 15) is 4.79 Å². The van der Waals surface area contributed by atoms with Gasteiger partial charge >= 0.3 is 0 Å². The van der Waals surface area contributed by atoms with Gasteiger partial charge in [0.1, 0.15) is 0 Å². The molecule has 0 bridgehead atoms. The molecule has 7 heteroatoms. The third kappa shape index (κ3) is 2.25. The SMILES string of the molecule is Cc1nn(C)cc1CNC(=O)c1cc2ncccn2n1. The Labute approximate surface area is 115 Å². The number of nitrogens with one attached hydrogen (secondary N) is 1. The molecule has 20 heavy (non-hydrogen) atoms. The molecule has 1 amide bonds. The van der Waals surface area contributed by atoms with Crippen LogP contribution in [0.2, 0.25) is 0 Å². The lowest BCUT2D eigenvalue weighted by molar-refractivity contribution is 0.0945. The maximum absolute atomic E-state index is 12.1. The quantitative estimate of drug-likeness (QED) is 0.760. The smallest absolute Gasteiger partial charge is 0.272 e. The molecule has 102 valence electrons. The molecule has 0 radical (unpaired) electrons. The van der Waals surface area contributed by atoms with Crippen molar-refractivity contribution in [3.63, 3.8) is 0 Å². The molecule has 0 spiro atoms. The minimum absolute atomic E-state index is 0.223. The maximum Gasteiger partial charge on any atom is 0.272 e. The van der Waals surface area contributed by atoms with E-state index in [1.54, 1.807) is 33.7 Å². The highest BCUT2D eigenvalue weighted by atomic mass is 16.1. The zero-order valence-corrected chi connectivity index (χ0v) is 11.2. The molecule has 0 unspecified atom stereocenters. The van der Waals surface area contributed by atoms with Crippen LogP contribution in [-0.2, 0) is 13.6 Å². The first-order valence-corrected chi connectivity index (χ1v) is 6.21. The first-order chi connectivity index (χ1) is 9.63. The van der Waals surface area contributed by atoms with Crippen LogP contribution >= 0.6 is 0 Å². The number of nitrogens with zero attached hydrogens (tertiary/aromatic N) is 5. The van der Waals surface area contributed by atoms with E-state index >= 15 is 0 Å². The van der Waals surface area contributed by atoms with Crippen LogP contribution in [0.15, 0.2) is 30.7 Å². The molecule has 1 N–H and O–H groups in total. The number of hydrogen-bond acceptors (Lipinski definition) is 4. The molecule has 7 nitrogen and oxygen atoms in total. The van der Waals surface area contributed by atoms with Crippen LogP contribution < -0.4 is 5.32 Å². The van der Waals surface area contributed by atoms with E-state index < -0.39 is 0 Å². The lowest BCUT2D eigenvalue weighted by Gasteiger charge is -2.01. The third-order valence-electron chi connectivity index (χ3n) is 3.02. The molecular weight excluding hydrogens is 256 g/mol. The highest BCUT2D eigenvalue weighted by Crippen LogP contribution is 2.06. The van der Waals surface area contributed by atoms with Gasteiger partial charge in [0.05, 0.1) is 5.69 Å². The Morgan fingerprint density at radius 2 is 2.25 bits per heavy atom. The topological polar surface area (TPSA) is 77.1 Å². The van der Waals surface area contributed by atoms with Gasteiger partial charge in [0.15, 0.2) is 11.3 Å². The molecule has 3 heterocycles. The van der Waals surface area contributed by atoms with E-state index in [0.29, 0.717) is 17.9 Å². The fourth-order valence-corrected chi connectivity index (χ4v) is 2.03. The second-order valence-electron chi connectivity index (χ2n) is 4.55. The first kappa shape index (κ1) is 12.3. The van der Waals surface area contributed by atoms with Crippen molar-refractivity contribution in [2.45, 2.75) is 13.5 Å². The fraction of sp³-hybridized carbons (Fsp3) is 0.231. The molecular formula is C13H14N6O. The second-order valence-corrected chi connectivity index (χ2v) is 4.55. The summed E-state index contributed by atoms with van der Waals surface area (Å²) in [6.45, 7) is 2.34. The highest BCUT2D eigenvalue weighted by Gasteiger charge is 2.12. The standard InChI is InChI=1S/C13H14N6O/c1-9-10(8-18(2)16-9)7-15-13(20)11-6-12-14-4-3-5-19(12)17-11/h3-6,8H,7H2,1-2H3,(H,15,20). The van der Waals surface area contributed by atoms with Gasteiger partial charge in [-0.2, -0.15) is 10.2 Å². The van der Waals surface area contributed by atoms with E-state index in [0.717, 1.165) is 11.3 Å². The molecule has 0 aromatic carbocycles. The van der Waals surface area contributed by atoms with Gasteiger partial charge in [0, 0.05) is 43.8 Å². The molecule has 0 aliphatic carbocycles. The minimum Gasteiger partial charge on any atom is -0.346 e. The lowest BCUT2D eigenvalue weighted by Crippen LogP contribution is -2.23. The first-order valence-electron chi connectivity index (χ1n) is 6.21. The summed E-state index contributed by atoms with van der Waals surface area (Å²) in [5, 5.41) is 11.2. The average molecular weight is 270 g/mol. The maximum atomic E-state index is 12.1. The number of fused-ring (bicyclic) bond motifs is 1. The summed E-state index contributed by atoms with van der Waals surface area (Å²) >= 11 is 0. The van der Waals surface area contributed by atoms with Crippen LogP contribution in [0.5, 0.6) is 0 Å². The van der Waals surface area contributed by atoms with Crippen LogP contribution in [0.3, 0.4) is 0 Å². The molecule has 0 saturated heterocycles. The van der Waals surface area contributed by atoms with Crippen molar-refractivity contribution in [3.05, 3.63) is 47.7 Å². The summed E-state index contributed by atoms with van der Waals surface area (Å²) in [6, 6.07) is 3.42. The molecule has 0 aliphatic heterocycles. The van der Waals surface area contributed by atoms with Gasteiger partial charge in [-0.15, -0.1) is 0 Å². The Bertz CT molecular complexity index is 739. The Morgan fingerprint density at radius 1 is 1.40 bits per heavy atom. The molecule has 3 aromatic heterocycles. The van der Waals surface area contributed by atoms with Crippen molar-refractivity contribution in [1.82, 2.24) is 29.7 Å². The van der Waals surface area contributed by atoms with Gasteiger partial charge in [-0.3, -0.25) is 9.48 Å². The number of hydrogen-bond donors (Lipinski definition) is 1. The molecule has 3 aromatic rings. The number of aromatic nitrogens is 5. The van der Waals surface area contributed by atoms with E-state index in [4.69, 9.17) is 0 Å². The number of rotatable bonds is 3. The van der Waals surface area contributed by atoms with Crippen LogP contribution in [0.1, 0.15) is 21.7 Å². The average Bonchev–Trinajstić information content (AvgIpc) is 2.99. The van der Waals surface area contributed by atoms with Crippen LogP contribution in [-0.4, -0.2) is 30.3 Å². The lowest BCUT2D eigenvalue weighted by atomic mass is 10.2. The summed E-state index contributed by atoms with van der Waals surface area (Å²) in [4.78, 5) is 16.2. The fourth-order valence-electron chi connectivity index (χ4n) is 2.03. The van der Waals surface area contributed by atoms with Crippen molar-refractivity contribution in [2.75, 3.05) is 0 Å². The number of carbonyl (C=O) groups is 1. The van der Waals surface area contributed by atoms with Crippen LogP contribution in [0.25, 0.3) is 5.65 Å². The van der Waals surface area contributed by atoms with Crippen molar-refractivity contribution >= 4 is 11.6 Å². The van der Waals surface area contributed by atoms with E-state index in [-0.39, 0.29) is 5.91 Å². The zero-order valence-electron chi connectivity index (χ0n) is 11.2.